The molecule has 2 heterocycles. The van der Waals surface area contributed by atoms with Crippen LogP contribution in [0.25, 0.3) is 0 Å². The summed E-state index contributed by atoms with van der Waals surface area (Å²) < 4.78 is 36.9. The lowest BCUT2D eigenvalue weighted by Crippen LogP contribution is -2.41. The van der Waals surface area contributed by atoms with E-state index in [0.29, 0.717) is 34.1 Å². The maximum atomic E-state index is 12.7. The number of rotatable bonds is 2. The summed E-state index contributed by atoms with van der Waals surface area (Å²) in [4.78, 5) is 12.7. The van der Waals surface area contributed by atoms with Crippen LogP contribution in [-0.4, -0.2) is 25.4 Å². The third-order valence-electron chi connectivity index (χ3n) is 4.21. The number of hydrogen-bond acceptors (Lipinski definition) is 5. The van der Waals surface area contributed by atoms with Crippen LogP contribution in [0.2, 0.25) is 5.02 Å². The van der Waals surface area contributed by atoms with Gasteiger partial charge in [0.05, 0.1) is 18.9 Å². The second-order valence-corrected chi connectivity index (χ2v) is 8.22. The zero-order valence-electron chi connectivity index (χ0n) is 13.1. The third kappa shape index (κ3) is 2.88. The Bertz CT molecular complexity index is 973. The van der Waals surface area contributed by atoms with E-state index in [-0.39, 0.29) is 19.1 Å². The van der Waals surface area contributed by atoms with Crippen molar-refractivity contribution < 1.29 is 22.7 Å². The maximum Gasteiger partial charge on any atom is 0.267 e. The highest BCUT2D eigenvalue weighted by molar-refractivity contribution is 7.89. The van der Waals surface area contributed by atoms with E-state index >= 15 is 0 Å². The van der Waals surface area contributed by atoms with E-state index in [0.717, 1.165) is 9.87 Å². The summed E-state index contributed by atoms with van der Waals surface area (Å²) in [7, 11) is -3.77. The Labute approximate surface area is 150 Å². The summed E-state index contributed by atoms with van der Waals surface area (Å²) in [5.41, 5.74) is 2.19. The Balaban J connectivity index is 1.76. The van der Waals surface area contributed by atoms with Crippen molar-refractivity contribution in [2.24, 2.45) is 0 Å². The van der Waals surface area contributed by atoms with Crippen LogP contribution in [0.3, 0.4) is 0 Å². The van der Waals surface area contributed by atoms with Crippen LogP contribution in [0.1, 0.15) is 27.0 Å². The molecule has 130 valence electrons. The van der Waals surface area contributed by atoms with E-state index in [1.54, 1.807) is 36.4 Å². The quantitative estimate of drug-likeness (QED) is 0.802. The fourth-order valence-electron chi connectivity index (χ4n) is 3.09. The van der Waals surface area contributed by atoms with Gasteiger partial charge in [-0.2, -0.15) is 0 Å². The van der Waals surface area contributed by atoms with Crippen LogP contribution in [0.4, 0.5) is 0 Å². The molecule has 0 N–H and O–H groups in total. The highest BCUT2D eigenvalue weighted by Crippen LogP contribution is 2.34. The molecule has 0 aromatic heterocycles. The molecule has 0 fully saturated rings. The van der Waals surface area contributed by atoms with Crippen LogP contribution in [0.15, 0.2) is 36.4 Å². The first-order chi connectivity index (χ1) is 12.0. The highest BCUT2D eigenvalue weighted by Gasteiger charge is 2.36. The number of amides is 1. The first kappa shape index (κ1) is 16.4. The van der Waals surface area contributed by atoms with Gasteiger partial charge in [-0.3, -0.25) is 4.79 Å². The molecule has 0 unspecified atom stereocenters. The number of hydrogen-bond donors (Lipinski definition) is 0. The predicted octanol–water partition coefficient (Wildman–Crippen LogP) is 2.69. The van der Waals surface area contributed by atoms with Gasteiger partial charge in [0, 0.05) is 21.7 Å². The van der Waals surface area contributed by atoms with Gasteiger partial charge in [0.25, 0.3) is 5.91 Å². The summed E-state index contributed by atoms with van der Waals surface area (Å²) in [6.45, 7) is 0.274. The zero-order chi connectivity index (χ0) is 17.6. The lowest BCUT2D eigenvalue weighted by atomic mass is 10.1. The van der Waals surface area contributed by atoms with Crippen molar-refractivity contribution in [3.63, 3.8) is 0 Å². The number of nitrogens with zero attached hydrogens (tertiary/aromatic N) is 1. The van der Waals surface area contributed by atoms with Crippen LogP contribution in [0, 0.1) is 0 Å². The van der Waals surface area contributed by atoms with Crippen molar-refractivity contribution in [3.05, 3.63) is 63.7 Å². The van der Waals surface area contributed by atoms with Crippen molar-refractivity contribution in [1.29, 1.82) is 0 Å². The van der Waals surface area contributed by atoms with Gasteiger partial charge >= 0.3 is 0 Å². The second-order valence-electron chi connectivity index (χ2n) is 5.89. The van der Waals surface area contributed by atoms with E-state index in [9.17, 15) is 13.2 Å². The monoisotopic (exact) mass is 379 g/mol. The number of benzene rings is 2. The normalized spacial score (nSPS) is 18.3. The SMILES string of the molecule is O=C1c2ccccc2CS(=O)(=O)N1Cc1cc(Cl)cc2c1OCOC2. The summed E-state index contributed by atoms with van der Waals surface area (Å²) in [5, 5.41) is 0.435. The van der Waals surface area contributed by atoms with E-state index in [1.807, 2.05) is 0 Å². The molecule has 0 aliphatic carbocycles. The van der Waals surface area contributed by atoms with Crippen molar-refractivity contribution in [1.82, 2.24) is 4.31 Å². The minimum atomic E-state index is -3.77. The molecule has 25 heavy (non-hydrogen) atoms. The van der Waals surface area contributed by atoms with Gasteiger partial charge in [-0.15, -0.1) is 0 Å². The molecule has 0 bridgehead atoms. The molecule has 0 radical (unpaired) electrons. The number of halogens is 1. The van der Waals surface area contributed by atoms with E-state index < -0.39 is 15.9 Å². The average Bonchev–Trinajstić information content (AvgIpc) is 2.58. The molecule has 1 amide bonds. The van der Waals surface area contributed by atoms with Crippen LogP contribution >= 0.6 is 11.6 Å². The van der Waals surface area contributed by atoms with Crippen LogP contribution < -0.4 is 4.74 Å². The minimum Gasteiger partial charge on any atom is -0.467 e. The molecular formula is C17H14ClNO5S. The molecule has 6 nitrogen and oxygen atoms in total. The number of sulfonamides is 1. The molecule has 2 aromatic carbocycles. The number of carbonyl (C=O) groups is 1. The lowest BCUT2D eigenvalue weighted by Gasteiger charge is -2.29. The molecule has 0 spiro atoms. The van der Waals surface area contributed by atoms with Gasteiger partial charge in [-0.05, 0) is 23.8 Å². The van der Waals surface area contributed by atoms with Crippen molar-refractivity contribution >= 4 is 27.5 Å². The van der Waals surface area contributed by atoms with Gasteiger partial charge in [-0.25, -0.2) is 12.7 Å². The Morgan fingerprint density at radius 2 is 1.96 bits per heavy atom. The molecule has 2 aromatic rings. The number of fused-ring (bicyclic) bond motifs is 2. The summed E-state index contributed by atoms with van der Waals surface area (Å²) in [5.74, 6) is -0.220. The molecule has 4 rings (SSSR count). The molecule has 0 atom stereocenters. The molecule has 8 heteroatoms. The van der Waals surface area contributed by atoms with Crippen LogP contribution in [-0.2, 0) is 33.7 Å². The summed E-state index contributed by atoms with van der Waals surface area (Å²) in [6, 6.07) is 10.1. The second kappa shape index (κ2) is 6.01. The standard InChI is InChI=1S/C17H14ClNO5S/c18-14-5-12(16-13(6-14)8-23-10-24-16)7-19-17(20)15-4-2-1-3-11(15)9-25(19,21)22/h1-6H,7-10H2. The topological polar surface area (TPSA) is 72.9 Å². The van der Waals surface area contributed by atoms with E-state index in [1.165, 1.54) is 0 Å². The first-order valence-corrected chi connectivity index (χ1v) is 9.59. The summed E-state index contributed by atoms with van der Waals surface area (Å²) >= 11 is 6.12. The van der Waals surface area contributed by atoms with Gasteiger partial charge in [0.15, 0.2) is 6.79 Å². The third-order valence-corrected chi connectivity index (χ3v) is 6.07. The van der Waals surface area contributed by atoms with Gasteiger partial charge < -0.3 is 9.47 Å². The molecule has 0 saturated heterocycles. The minimum absolute atomic E-state index is 0.0746. The average molecular weight is 380 g/mol. The molecule has 2 aliphatic heterocycles. The largest absolute Gasteiger partial charge is 0.467 e. The maximum absolute atomic E-state index is 12.7. The van der Waals surface area contributed by atoms with E-state index in [4.69, 9.17) is 21.1 Å². The van der Waals surface area contributed by atoms with Crippen molar-refractivity contribution in [2.45, 2.75) is 18.9 Å². The van der Waals surface area contributed by atoms with E-state index in [2.05, 4.69) is 0 Å². The van der Waals surface area contributed by atoms with Gasteiger partial charge in [0.2, 0.25) is 10.0 Å². The van der Waals surface area contributed by atoms with Crippen molar-refractivity contribution in [2.75, 3.05) is 6.79 Å². The van der Waals surface area contributed by atoms with Gasteiger partial charge in [-0.1, -0.05) is 29.8 Å². The molecular weight excluding hydrogens is 366 g/mol. The highest BCUT2D eigenvalue weighted by atomic mass is 35.5. The lowest BCUT2D eigenvalue weighted by molar-refractivity contribution is -0.0172. The Morgan fingerprint density at radius 3 is 2.80 bits per heavy atom. The Kier molecular flexibility index (Phi) is 3.94. The Hall–Kier alpha value is -2.09. The van der Waals surface area contributed by atoms with Crippen molar-refractivity contribution in [3.8, 4) is 5.75 Å². The van der Waals surface area contributed by atoms with Gasteiger partial charge in [0.1, 0.15) is 5.75 Å². The smallest absolute Gasteiger partial charge is 0.267 e. The van der Waals surface area contributed by atoms with Crippen LogP contribution in [0.5, 0.6) is 5.75 Å². The Morgan fingerprint density at radius 1 is 1.16 bits per heavy atom. The molecule has 0 saturated carbocycles. The fraction of sp³-hybridized carbons (Fsp3) is 0.235. The number of carbonyl (C=O) groups excluding carboxylic acids is 1. The first-order valence-electron chi connectivity index (χ1n) is 7.60. The summed E-state index contributed by atoms with van der Waals surface area (Å²) in [6.07, 6.45) is 0. The fourth-order valence-corrected chi connectivity index (χ4v) is 4.84. The predicted molar refractivity (Wildman–Crippen MR) is 90.7 cm³/mol. The molecule has 2 aliphatic rings. The number of ether oxygens (including phenoxy) is 2. The zero-order valence-corrected chi connectivity index (χ0v) is 14.6.